The molecule has 6 heteroatoms. The van der Waals surface area contributed by atoms with Crippen molar-refractivity contribution in [2.24, 2.45) is 0 Å². The molecule has 3 aromatic carbocycles. The highest BCUT2D eigenvalue weighted by Crippen LogP contribution is 2.29. The van der Waals surface area contributed by atoms with Gasteiger partial charge >= 0.3 is 0 Å². The summed E-state index contributed by atoms with van der Waals surface area (Å²) >= 11 is 0. The summed E-state index contributed by atoms with van der Waals surface area (Å²) in [5.41, 5.74) is 3.84. The van der Waals surface area contributed by atoms with Gasteiger partial charge in [0.2, 0.25) is 0 Å². The number of nitrogens with one attached hydrogen (secondary N) is 1. The second-order valence-electron chi connectivity index (χ2n) is 7.43. The summed E-state index contributed by atoms with van der Waals surface area (Å²) < 4.78 is 14.1. The first kappa shape index (κ1) is 19.6. The summed E-state index contributed by atoms with van der Waals surface area (Å²) in [4.78, 5) is 28.7. The minimum Gasteiger partial charge on any atom is -0.375 e. The molecule has 0 atom stereocenters. The first-order valence-corrected chi connectivity index (χ1v) is 9.72. The summed E-state index contributed by atoms with van der Waals surface area (Å²) in [5, 5.41) is 2.74. The Bertz CT molecular complexity index is 1110. The number of fused-ring (bicyclic) bond motifs is 1. The summed E-state index contributed by atoms with van der Waals surface area (Å²) in [6.45, 7) is 0.658. The van der Waals surface area contributed by atoms with Crippen molar-refractivity contribution in [1.82, 2.24) is 0 Å². The van der Waals surface area contributed by atoms with Crippen molar-refractivity contribution in [1.29, 1.82) is 0 Å². The van der Waals surface area contributed by atoms with Crippen molar-refractivity contribution in [3.63, 3.8) is 0 Å². The Morgan fingerprint density at radius 1 is 0.967 bits per heavy atom. The van der Waals surface area contributed by atoms with E-state index in [1.807, 2.05) is 24.3 Å². The number of hydrogen-bond donors (Lipinski definition) is 1. The summed E-state index contributed by atoms with van der Waals surface area (Å²) in [5.74, 6) is -0.939. The van der Waals surface area contributed by atoms with Crippen molar-refractivity contribution in [3.05, 3.63) is 89.2 Å². The van der Waals surface area contributed by atoms with Crippen LogP contribution < -0.4 is 15.1 Å². The molecule has 0 spiro atoms. The van der Waals surface area contributed by atoms with Crippen LogP contribution in [0.2, 0.25) is 0 Å². The number of anilines is 3. The third-order valence-electron chi connectivity index (χ3n) is 5.21. The first-order chi connectivity index (χ1) is 14.4. The Kier molecular flexibility index (Phi) is 5.23. The molecule has 30 heavy (non-hydrogen) atoms. The van der Waals surface area contributed by atoms with Gasteiger partial charge in [-0.15, -0.1) is 0 Å². The van der Waals surface area contributed by atoms with Gasteiger partial charge in [-0.1, -0.05) is 18.2 Å². The van der Waals surface area contributed by atoms with E-state index in [1.165, 1.54) is 11.6 Å². The van der Waals surface area contributed by atoms with E-state index in [-0.39, 0.29) is 11.5 Å². The lowest BCUT2D eigenvalue weighted by atomic mass is 10.1. The molecule has 0 aromatic heterocycles. The van der Waals surface area contributed by atoms with E-state index in [2.05, 4.69) is 5.32 Å². The summed E-state index contributed by atoms with van der Waals surface area (Å²) in [6, 6.07) is 19.0. The van der Waals surface area contributed by atoms with E-state index in [0.29, 0.717) is 23.5 Å². The van der Waals surface area contributed by atoms with Crippen LogP contribution in [0, 0.1) is 5.82 Å². The molecular weight excluding hydrogens is 381 g/mol. The first-order valence-electron chi connectivity index (χ1n) is 9.72. The number of para-hydroxylation sites is 1. The number of amides is 2. The number of benzene rings is 3. The third-order valence-corrected chi connectivity index (χ3v) is 5.21. The van der Waals surface area contributed by atoms with Crippen molar-refractivity contribution >= 4 is 28.9 Å². The molecule has 0 saturated heterocycles. The van der Waals surface area contributed by atoms with Crippen molar-refractivity contribution < 1.29 is 14.0 Å². The van der Waals surface area contributed by atoms with E-state index in [1.54, 1.807) is 60.3 Å². The maximum Gasteiger partial charge on any atom is 0.258 e. The second kappa shape index (κ2) is 7.99. The SMILES string of the molecule is CN(C)c1ccc(C(=O)Nc2ccc(C(=O)N3CCc4ccccc43)cc2)cc1F. The van der Waals surface area contributed by atoms with E-state index >= 15 is 0 Å². The molecule has 3 aromatic rings. The highest BCUT2D eigenvalue weighted by atomic mass is 19.1. The maximum absolute atomic E-state index is 14.1. The largest absolute Gasteiger partial charge is 0.375 e. The Balaban J connectivity index is 1.46. The number of nitrogens with zero attached hydrogens (tertiary/aromatic N) is 2. The lowest BCUT2D eigenvalue weighted by Crippen LogP contribution is -2.28. The van der Waals surface area contributed by atoms with Gasteiger partial charge in [0.15, 0.2) is 0 Å². The van der Waals surface area contributed by atoms with Crippen molar-refractivity contribution in [2.45, 2.75) is 6.42 Å². The van der Waals surface area contributed by atoms with Crippen molar-refractivity contribution in [3.8, 4) is 0 Å². The Hall–Kier alpha value is -3.67. The highest BCUT2D eigenvalue weighted by Gasteiger charge is 2.25. The molecule has 1 heterocycles. The fourth-order valence-corrected chi connectivity index (χ4v) is 3.62. The van der Waals surface area contributed by atoms with Gasteiger partial charge in [-0.2, -0.15) is 0 Å². The predicted molar refractivity (Wildman–Crippen MR) is 117 cm³/mol. The van der Waals surface area contributed by atoms with Crippen LogP contribution in [-0.4, -0.2) is 32.5 Å². The summed E-state index contributed by atoms with van der Waals surface area (Å²) in [7, 11) is 3.48. The molecule has 1 aliphatic heterocycles. The molecule has 0 aliphatic carbocycles. The Morgan fingerprint density at radius 2 is 1.67 bits per heavy atom. The minimum absolute atomic E-state index is 0.0702. The normalized spacial score (nSPS) is 12.4. The highest BCUT2D eigenvalue weighted by molar-refractivity contribution is 6.08. The molecule has 152 valence electrons. The van der Waals surface area contributed by atoms with Crippen LogP contribution in [0.15, 0.2) is 66.7 Å². The molecule has 0 saturated carbocycles. The topological polar surface area (TPSA) is 52.7 Å². The molecule has 0 unspecified atom stereocenters. The van der Waals surface area contributed by atoms with Crippen LogP contribution in [0.1, 0.15) is 26.3 Å². The number of carbonyl (C=O) groups is 2. The van der Waals surface area contributed by atoms with Gasteiger partial charge in [0.1, 0.15) is 5.82 Å². The quantitative estimate of drug-likeness (QED) is 0.705. The number of rotatable bonds is 4. The summed E-state index contributed by atoms with van der Waals surface area (Å²) in [6.07, 6.45) is 0.846. The average Bonchev–Trinajstić information content (AvgIpc) is 3.17. The monoisotopic (exact) mass is 403 g/mol. The van der Waals surface area contributed by atoms with Gasteiger partial charge in [-0.3, -0.25) is 9.59 Å². The van der Waals surface area contributed by atoms with Gasteiger partial charge < -0.3 is 15.1 Å². The molecule has 1 aliphatic rings. The molecule has 4 rings (SSSR count). The maximum atomic E-state index is 14.1. The Morgan fingerprint density at radius 3 is 2.37 bits per heavy atom. The van der Waals surface area contributed by atoms with Crippen molar-refractivity contribution in [2.75, 3.05) is 35.8 Å². The van der Waals surface area contributed by atoms with Crippen LogP contribution in [-0.2, 0) is 6.42 Å². The van der Waals surface area contributed by atoms with Crippen LogP contribution >= 0.6 is 0 Å². The molecule has 0 bridgehead atoms. The zero-order valence-corrected chi connectivity index (χ0v) is 16.9. The Labute approximate surface area is 174 Å². The van der Waals surface area contributed by atoms with E-state index in [0.717, 1.165) is 12.1 Å². The number of halogens is 1. The van der Waals surface area contributed by atoms with Crippen LogP contribution in [0.25, 0.3) is 0 Å². The second-order valence-corrected chi connectivity index (χ2v) is 7.43. The number of hydrogen-bond acceptors (Lipinski definition) is 3. The molecular formula is C24H22FN3O2. The van der Waals surface area contributed by atoms with Crippen LogP contribution in [0.5, 0.6) is 0 Å². The molecule has 0 fully saturated rings. The van der Waals surface area contributed by atoms with Crippen LogP contribution in [0.4, 0.5) is 21.5 Å². The zero-order valence-electron chi connectivity index (χ0n) is 16.9. The molecule has 0 radical (unpaired) electrons. The van der Waals surface area contributed by atoms with Gasteiger partial charge in [0.05, 0.1) is 5.69 Å². The zero-order chi connectivity index (χ0) is 21.3. The molecule has 5 nitrogen and oxygen atoms in total. The fraction of sp³-hybridized carbons (Fsp3) is 0.167. The van der Waals surface area contributed by atoms with Gasteiger partial charge in [0, 0.05) is 43.1 Å². The third kappa shape index (κ3) is 3.76. The smallest absolute Gasteiger partial charge is 0.258 e. The van der Waals surface area contributed by atoms with Gasteiger partial charge in [0.25, 0.3) is 11.8 Å². The van der Waals surface area contributed by atoms with E-state index < -0.39 is 11.7 Å². The lowest BCUT2D eigenvalue weighted by Gasteiger charge is -2.17. The standard InChI is InChI=1S/C24H22FN3O2/c1-27(2)22-12-9-18(15-20(22)25)23(29)26-19-10-7-17(8-11-19)24(30)28-14-13-16-5-3-4-6-21(16)28/h3-12,15H,13-14H2,1-2H3,(H,26,29). The van der Waals surface area contributed by atoms with E-state index in [4.69, 9.17) is 0 Å². The molecule has 1 N–H and O–H groups in total. The fourth-order valence-electron chi connectivity index (χ4n) is 3.62. The van der Waals surface area contributed by atoms with Gasteiger partial charge in [-0.25, -0.2) is 4.39 Å². The average molecular weight is 403 g/mol. The van der Waals surface area contributed by atoms with E-state index in [9.17, 15) is 14.0 Å². The van der Waals surface area contributed by atoms with Crippen LogP contribution in [0.3, 0.4) is 0 Å². The lowest BCUT2D eigenvalue weighted by molar-refractivity contribution is 0.0988. The molecule has 2 amide bonds. The number of carbonyl (C=O) groups excluding carboxylic acids is 2. The minimum atomic E-state index is -0.459. The predicted octanol–water partition coefficient (Wildman–Crippen LogP) is 4.35. The van der Waals surface area contributed by atoms with Gasteiger partial charge in [-0.05, 0) is 60.5 Å².